The molecule has 0 aliphatic carbocycles. The maximum Gasteiger partial charge on any atom is 0.216 e. The molecule has 8 heteroatoms. The van der Waals surface area contributed by atoms with Crippen molar-refractivity contribution in [2.24, 2.45) is 5.92 Å². The number of nitrogens with zero attached hydrogens (tertiary/aromatic N) is 5. The number of hydrogen-bond donors (Lipinski definition) is 0. The van der Waals surface area contributed by atoms with E-state index in [1.165, 1.54) is 17.2 Å². The van der Waals surface area contributed by atoms with Gasteiger partial charge in [-0.15, -0.1) is 17.7 Å². The molecular weight excluding hydrogens is 1010 g/mol. The molecule has 0 aliphatic heterocycles. The Morgan fingerprint density at radius 1 is 0.794 bits per heavy atom. The van der Waals surface area contributed by atoms with E-state index in [0.717, 1.165) is 32.2 Å². The molecule has 0 saturated heterocycles. The van der Waals surface area contributed by atoms with Gasteiger partial charge in [0.2, 0.25) is 5.71 Å². The number of imidazole rings is 1. The second kappa shape index (κ2) is 18.9. The zero-order valence-corrected chi connectivity index (χ0v) is 41.7. The fraction of sp³-hybridized carbons (Fsp3) is 0.273. The number of fused-ring (bicyclic) bond motifs is 4. The fourth-order valence-corrected chi connectivity index (χ4v) is 10.9. The van der Waals surface area contributed by atoms with Crippen molar-refractivity contribution in [3.8, 4) is 39.5 Å². The van der Waals surface area contributed by atoms with Gasteiger partial charge in [-0.2, -0.15) is 0 Å². The summed E-state index contributed by atoms with van der Waals surface area (Å²) in [4.78, 5) is 18.6. The van der Waals surface area contributed by atoms with Crippen LogP contribution in [0, 0.1) is 31.8 Å². The van der Waals surface area contributed by atoms with E-state index in [1.54, 1.807) is 36.7 Å². The first kappa shape index (κ1) is 36.2. The van der Waals surface area contributed by atoms with E-state index in [-0.39, 0.29) is 49.0 Å². The van der Waals surface area contributed by atoms with E-state index in [1.807, 2.05) is 50.5 Å². The minimum absolute atomic E-state index is 0. The molecule has 9 aromatic rings. The summed E-state index contributed by atoms with van der Waals surface area (Å²) in [6.07, 6.45) is 5.57. The van der Waals surface area contributed by atoms with Crippen molar-refractivity contribution in [3.63, 3.8) is 0 Å². The third-order valence-corrected chi connectivity index (χ3v) is 15.2. The molecule has 0 N–H and O–H groups in total. The van der Waals surface area contributed by atoms with Crippen LogP contribution >= 0.6 is 0 Å². The van der Waals surface area contributed by atoms with Crippen molar-refractivity contribution in [1.29, 1.82) is 0 Å². The number of furan rings is 1. The molecule has 63 heavy (non-hydrogen) atoms. The Hall–Kier alpha value is -5.21. The molecule has 1 radical (unpaired) electrons. The smallest absolute Gasteiger partial charge is 0.216 e. The number of hydrogen-bond acceptors (Lipinski definition) is 5. The van der Waals surface area contributed by atoms with Gasteiger partial charge >= 0.3 is 139 Å². The van der Waals surface area contributed by atoms with E-state index in [0.29, 0.717) is 50.3 Å². The summed E-state index contributed by atoms with van der Waals surface area (Å²) in [7, 11) is 0. The molecule has 0 fully saturated rings. The normalized spacial score (nSPS) is 14.3. The molecule has 9 rings (SSSR count). The molecule has 0 atom stereocenters. The van der Waals surface area contributed by atoms with Crippen LogP contribution in [0.3, 0.4) is 0 Å². The van der Waals surface area contributed by atoms with Gasteiger partial charge in [-0.25, -0.2) is 4.98 Å². The third-order valence-electron chi connectivity index (χ3n) is 11.0. The minimum atomic E-state index is -2.37. The second-order valence-corrected chi connectivity index (χ2v) is 28.3. The Balaban J connectivity index is 0.000000236. The van der Waals surface area contributed by atoms with Crippen LogP contribution in [0.1, 0.15) is 92.2 Å². The summed E-state index contributed by atoms with van der Waals surface area (Å²) in [5.74, 6) is 7.50. The van der Waals surface area contributed by atoms with E-state index in [4.69, 9.17) is 20.4 Å². The minimum Gasteiger partial charge on any atom is -0.486 e. The number of rotatable bonds is 9. The summed E-state index contributed by atoms with van der Waals surface area (Å²) in [6, 6.07) is 34.9. The molecule has 0 spiro atoms. The van der Waals surface area contributed by atoms with E-state index in [9.17, 15) is 0 Å². The van der Waals surface area contributed by atoms with Crippen molar-refractivity contribution >= 4 is 50.8 Å². The number of aryl methyl sites for hydroxylation is 2. The largest absolute Gasteiger partial charge is 0.486 e. The van der Waals surface area contributed by atoms with Gasteiger partial charge in [-0.05, 0) is 64.4 Å². The maximum absolute atomic E-state index is 8.60. The van der Waals surface area contributed by atoms with Crippen LogP contribution < -0.4 is 4.40 Å². The van der Waals surface area contributed by atoms with Gasteiger partial charge in [0.05, 0.1) is 28.6 Å². The fourth-order valence-electron chi connectivity index (χ4n) is 7.97. The van der Waals surface area contributed by atoms with Crippen LogP contribution in [-0.2, 0) is 26.5 Å². The summed E-state index contributed by atoms with van der Waals surface area (Å²) < 4.78 is 74.0. The number of aromatic nitrogens is 5. The van der Waals surface area contributed by atoms with Gasteiger partial charge < -0.3 is 8.98 Å². The topological polar surface area (TPSA) is 69.6 Å². The Kier molecular flexibility index (Phi) is 10.8. The first-order valence-corrected chi connectivity index (χ1v) is 28.5. The predicted molar refractivity (Wildman–Crippen MR) is 261 cm³/mol. The Labute approximate surface area is 400 Å². The van der Waals surface area contributed by atoms with Gasteiger partial charge in [0.15, 0.2) is 0 Å². The molecule has 323 valence electrons. The zero-order chi connectivity index (χ0) is 50.7. The van der Waals surface area contributed by atoms with Gasteiger partial charge in [-0.1, -0.05) is 75.8 Å². The molecule has 4 aromatic carbocycles. The van der Waals surface area contributed by atoms with Crippen molar-refractivity contribution in [3.05, 3.63) is 156 Å². The van der Waals surface area contributed by atoms with Gasteiger partial charge in [0, 0.05) is 47.7 Å². The first-order valence-electron chi connectivity index (χ1n) is 25.2. The van der Waals surface area contributed by atoms with Crippen molar-refractivity contribution in [2.75, 3.05) is 0 Å². The third kappa shape index (κ3) is 9.38. The zero-order valence-electron chi connectivity index (χ0n) is 45.2. The SMILES string of the molecule is [2H]C([2H])([2H])c1c[c-]c(-c2cc(C([2H])([2H])C(C)C)[c]([Ge]([CH3])([CH3])[CH3])cn2)cc1.[2H]C([2H])([2H])c1c[c-]c(-c2nc3ccncc3n2-c2c(C(C)C)cc(-c3ccccc3)cc2C(C)C)c2oc3ncccc3c12.[Ir]. The van der Waals surface area contributed by atoms with Crippen LogP contribution in [-0.4, -0.2) is 37.8 Å². The average Bonchev–Trinajstić information content (AvgIpc) is 3.89. The summed E-state index contributed by atoms with van der Waals surface area (Å²) in [5.41, 5.74) is 11.0. The van der Waals surface area contributed by atoms with E-state index >= 15 is 0 Å². The van der Waals surface area contributed by atoms with Crippen LogP contribution in [0.25, 0.3) is 72.6 Å². The standard InChI is InChI=1S/C36H31N4O.C19H26GeN.Ir/c1-21(2)28-18-25(24-10-7-6-8-11-24)19-29(22(3)4)33(28)40-31-20-37-17-15-30(31)39-35(40)27-14-13-23(5)32-26-12-9-16-38-36(26)41-34(27)32;1-14(2)11-17-12-19(16-9-7-15(3)8-10-16)21-13-18(17)20(4,5)6;/h6-13,15-22H,1-5H3;7-9,12-14H,11H2,1-6H3;/q2*-1;/i5D3;3D3,11D2;. The van der Waals surface area contributed by atoms with Gasteiger partial charge in [0.25, 0.3) is 0 Å². The van der Waals surface area contributed by atoms with E-state index in [2.05, 4.69) is 113 Å². The summed E-state index contributed by atoms with van der Waals surface area (Å²) in [6.45, 7) is 8.06. The summed E-state index contributed by atoms with van der Waals surface area (Å²) >= 11 is -2.32. The van der Waals surface area contributed by atoms with Crippen LogP contribution in [0.4, 0.5) is 0 Å². The molecule has 5 heterocycles. The molecule has 0 unspecified atom stereocenters. The van der Waals surface area contributed by atoms with Crippen molar-refractivity contribution in [1.82, 2.24) is 24.5 Å². The van der Waals surface area contributed by atoms with Gasteiger partial charge in [-0.3, -0.25) is 9.97 Å². The number of benzene rings is 4. The monoisotopic (exact) mass is 1080 g/mol. The molecule has 0 saturated carbocycles. The Morgan fingerprint density at radius 3 is 2.21 bits per heavy atom. The molecular formula is C55H57GeIrN5O-2. The van der Waals surface area contributed by atoms with Crippen LogP contribution in [0.5, 0.6) is 0 Å². The van der Waals surface area contributed by atoms with E-state index < -0.39 is 33.3 Å². The number of pyridine rings is 3. The van der Waals surface area contributed by atoms with Crippen LogP contribution in [0.2, 0.25) is 17.3 Å². The predicted octanol–water partition coefficient (Wildman–Crippen LogP) is 14.0. The Bertz CT molecular complexity index is 3330. The molecule has 0 amide bonds. The molecule has 0 bridgehead atoms. The van der Waals surface area contributed by atoms with Gasteiger partial charge in [0.1, 0.15) is 0 Å². The second-order valence-electron chi connectivity index (χ2n) is 17.7. The van der Waals surface area contributed by atoms with Crippen molar-refractivity contribution < 1.29 is 35.5 Å². The summed E-state index contributed by atoms with van der Waals surface area (Å²) in [5, 5.41) is 1.15. The average molecular weight is 1080 g/mol. The first-order chi connectivity index (χ1) is 32.9. The van der Waals surface area contributed by atoms with Crippen LogP contribution in [0.15, 0.2) is 120 Å². The van der Waals surface area contributed by atoms with Crippen molar-refractivity contribution in [2.45, 2.75) is 90.7 Å². The quantitative estimate of drug-likeness (QED) is 0.106. The maximum atomic E-state index is 8.60. The molecule has 0 aliphatic rings. The molecule has 6 nitrogen and oxygen atoms in total. The Morgan fingerprint density at radius 2 is 1.56 bits per heavy atom. The molecule has 5 aromatic heterocycles.